The second-order valence-corrected chi connectivity index (χ2v) is 8.89. The van der Waals surface area contributed by atoms with Crippen LogP contribution in [0.15, 0.2) is 42.5 Å². The van der Waals surface area contributed by atoms with Crippen LogP contribution in [0, 0.1) is 22.0 Å². The Balaban J connectivity index is 1.56. The number of nitro groups is 1. The van der Waals surface area contributed by atoms with Gasteiger partial charge in [-0.25, -0.2) is 0 Å². The number of nitro benzene ring substituents is 1. The molecule has 0 aliphatic carbocycles. The third kappa shape index (κ3) is 7.18. The number of nitrogens with zero attached hydrogens (tertiary/aromatic N) is 2. The maximum atomic E-state index is 12.6. The van der Waals surface area contributed by atoms with Gasteiger partial charge in [0, 0.05) is 37.0 Å². The van der Waals surface area contributed by atoms with Crippen LogP contribution in [-0.2, 0) is 0 Å². The number of hydrogen-bond donors (Lipinski definition) is 2. The van der Waals surface area contributed by atoms with Gasteiger partial charge in [-0.05, 0) is 74.5 Å². The van der Waals surface area contributed by atoms with Crippen molar-refractivity contribution in [3.05, 3.63) is 58.1 Å². The van der Waals surface area contributed by atoms with Gasteiger partial charge in [0.1, 0.15) is 11.4 Å². The molecule has 33 heavy (non-hydrogen) atoms. The maximum Gasteiger partial charge on any atom is 0.293 e. The van der Waals surface area contributed by atoms with Crippen molar-refractivity contribution in [3.63, 3.8) is 0 Å². The fraction of sp³-hybridized carbons (Fsp3) is 0.480. The molecule has 1 saturated heterocycles. The van der Waals surface area contributed by atoms with Gasteiger partial charge in [0.2, 0.25) is 0 Å². The molecule has 0 unspecified atom stereocenters. The molecular weight excluding hydrogens is 420 g/mol. The van der Waals surface area contributed by atoms with Gasteiger partial charge < -0.3 is 20.3 Å². The van der Waals surface area contributed by atoms with Gasteiger partial charge in [-0.2, -0.15) is 0 Å². The zero-order chi connectivity index (χ0) is 23.8. The average molecular weight is 455 g/mol. The molecule has 0 aromatic heterocycles. The molecular formula is C25H34N4O4. The lowest BCUT2D eigenvalue weighted by molar-refractivity contribution is -0.384. The smallest absolute Gasteiger partial charge is 0.293 e. The lowest BCUT2D eigenvalue weighted by atomic mass is 9.92. The molecule has 2 atom stereocenters. The lowest BCUT2D eigenvalue weighted by Gasteiger charge is -2.34. The average Bonchev–Trinajstić information content (AvgIpc) is 2.77. The maximum absolute atomic E-state index is 12.6. The van der Waals surface area contributed by atoms with E-state index < -0.39 is 10.8 Å². The number of hydrogen-bond acceptors (Lipinski definition) is 6. The molecule has 0 radical (unpaired) electrons. The van der Waals surface area contributed by atoms with Crippen molar-refractivity contribution in [2.75, 3.05) is 43.4 Å². The summed E-state index contributed by atoms with van der Waals surface area (Å²) < 4.78 is 5.39. The Hall–Kier alpha value is -3.13. The van der Waals surface area contributed by atoms with Gasteiger partial charge in [0.25, 0.3) is 11.6 Å². The van der Waals surface area contributed by atoms with E-state index in [4.69, 9.17) is 4.74 Å². The van der Waals surface area contributed by atoms with E-state index in [0.717, 1.165) is 26.1 Å². The van der Waals surface area contributed by atoms with Gasteiger partial charge in [0.05, 0.1) is 11.5 Å². The minimum Gasteiger partial charge on any atom is -0.494 e. The summed E-state index contributed by atoms with van der Waals surface area (Å²) in [5, 5.41) is 17.6. The van der Waals surface area contributed by atoms with Gasteiger partial charge in [-0.1, -0.05) is 13.8 Å². The Morgan fingerprint density at radius 1 is 1.15 bits per heavy atom. The minimum absolute atomic E-state index is 0.102. The van der Waals surface area contributed by atoms with Crippen LogP contribution in [0.4, 0.5) is 17.1 Å². The van der Waals surface area contributed by atoms with Crippen LogP contribution in [-0.4, -0.2) is 48.5 Å². The first-order valence-electron chi connectivity index (χ1n) is 11.6. The van der Waals surface area contributed by atoms with Crippen molar-refractivity contribution < 1.29 is 14.5 Å². The summed E-state index contributed by atoms with van der Waals surface area (Å²) in [6.45, 7) is 10.9. The third-order valence-electron chi connectivity index (χ3n) is 5.79. The highest BCUT2D eigenvalue weighted by atomic mass is 16.6. The number of piperidine rings is 1. The van der Waals surface area contributed by atoms with Crippen LogP contribution in [0.2, 0.25) is 0 Å². The number of likely N-dealkylation sites (tertiary alicyclic amines) is 1. The highest BCUT2D eigenvalue weighted by Gasteiger charge is 2.21. The molecule has 2 aromatic carbocycles. The summed E-state index contributed by atoms with van der Waals surface area (Å²) in [7, 11) is 0. The van der Waals surface area contributed by atoms with Crippen molar-refractivity contribution in [2.24, 2.45) is 11.8 Å². The number of amides is 1. The van der Waals surface area contributed by atoms with Gasteiger partial charge in [-0.3, -0.25) is 14.9 Å². The van der Waals surface area contributed by atoms with E-state index in [2.05, 4.69) is 29.4 Å². The van der Waals surface area contributed by atoms with Gasteiger partial charge in [-0.15, -0.1) is 0 Å². The lowest BCUT2D eigenvalue weighted by Crippen LogP contribution is -2.39. The van der Waals surface area contributed by atoms with Crippen LogP contribution in [0.1, 0.15) is 44.0 Å². The monoisotopic (exact) mass is 454 g/mol. The Morgan fingerprint density at radius 2 is 1.85 bits per heavy atom. The topological polar surface area (TPSA) is 96.7 Å². The standard InChI is InChI=1S/C25H34N4O4/c1-4-33-22-9-7-21(8-10-22)27-25(30)20-6-11-23(24(15-20)29(31)32)26-12-5-13-28-16-18(2)14-19(3)17-28/h6-11,15,18-19,26H,4-5,12-14,16-17H2,1-3H3,(H,27,30)/t18-,19-/m1/s1. The third-order valence-corrected chi connectivity index (χ3v) is 5.79. The van der Waals surface area contributed by atoms with Gasteiger partial charge >= 0.3 is 0 Å². The van der Waals surface area contributed by atoms with Crippen LogP contribution in [0.5, 0.6) is 5.75 Å². The summed E-state index contributed by atoms with van der Waals surface area (Å²) in [4.78, 5) is 26.2. The quantitative estimate of drug-likeness (QED) is 0.297. The predicted molar refractivity (Wildman–Crippen MR) is 131 cm³/mol. The molecule has 8 heteroatoms. The number of rotatable bonds is 10. The van der Waals surface area contributed by atoms with E-state index in [9.17, 15) is 14.9 Å². The van der Waals surface area contributed by atoms with E-state index in [1.165, 1.54) is 12.5 Å². The number of ether oxygens (including phenoxy) is 1. The first kappa shape index (κ1) is 24.5. The Labute approximate surface area is 195 Å². The van der Waals surface area contributed by atoms with E-state index >= 15 is 0 Å². The molecule has 3 rings (SSSR count). The van der Waals surface area contributed by atoms with E-state index in [0.29, 0.717) is 42.1 Å². The van der Waals surface area contributed by atoms with Crippen LogP contribution < -0.4 is 15.4 Å². The molecule has 2 N–H and O–H groups in total. The molecule has 2 aromatic rings. The van der Waals surface area contributed by atoms with Crippen molar-refractivity contribution in [3.8, 4) is 5.75 Å². The highest BCUT2D eigenvalue weighted by molar-refractivity contribution is 6.05. The fourth-order valence-electron chi connectivity index (χ4n) is 4.48. The summed E-state index contributed by atoms with van der Waals surface area (Å²) in [6.07, 6.45) is 2.18. The molecule has 1 heterocycles. The van der Waals surface area contributed by atoms with Crippen molar-refractivity contribution in [1.82, 2.24) is 4.90 Å². The molecule has 1 fully saturated rings. The van der Waals surface area contributed by atoms with Crippen LogP contribution in [0.3, 0.4) is 0 Å². The van der Waals surface area contributed by atoms with Crippen molar-refractivity contribution in [1.29, 1.82) is 0 Å². The fourth-order valence-corrected chi connectivity index (χ4v) is 4.48. The predicted octanol–water partition coefficient (Wildman–Crippen LogP) is 5.03. The largest absolute Gasteiger partial charge is 0.494 e. The first-order valence-corrected chi connectivity index (χ1v) is 11.6. The van der Waals surface area contributed by atoms with E-state index in [1.54, 1.807) is 36.4 Å². The second-order valence-electron chi connectivity index (χ2n) is 8.89. The number of nitrogens with one attached hydrogen (secondary N) is 2. The van der Waals surface area contributed by atoms with Gasteiger partial charge in [0.15, 0.2) is 0 Å². The number of benzene rings is 2. The SMILES string of the molecule is CCOc1ccc(NC(=O)c2ccc(NCCCN3C[C@H](C)C[C@@H](C)C3)c([N+](=O)[O-])c2)cc1. The van der Waals surface area contributed by atoms with E-state index in [-0.39, 0.29) is 11.3 Å². The normalized spacial score (nSPS) is 18.5. The molecule has 178 valence electrons. The molecule has 8 nitrogen and oxygen atoms in total. The summed E-state index contributed by atoms with van der Waals surface area (Å²) in [6, 6.07) is 11.5. The summed E-state index contributed by atoms with van der Waals surface area (Å²) in [5.41, 5.74) is 1.15. The summed E-state index contributed by atoms with van der Waals surface area (Å²) >= 11 is 0. The molecule has 0 spiro atoms. The number of carbonyl (C=O) groups excluding carboxylic acids is 1. The first-order chi connectivity index (χ1) is 15.9. The Morgan fingerprint density at radius 3 is 2.48 bits per heavy atom. The second kappa shape index (κ2) is 11.7. The van der Waals surface area contributed by atoms with Crippen LogP contribution in [0.25, 0.3) is 0 Å². The highest BCUT2D eigenvalue weighted by Crippen LogP contribution is 2.27. The molecule has 0 bridgehead atoms. The zero-order valence-electron chi connectivity index (χ0n) is 19.7. The molecule has 1 aliphatic rings. The van der Waals surface area contributed by atoms with Crippen molar-refractivity contribution >= 4 is 23.0 Å². The number of anilines is 2. The van der Waals surface area contributed by atoms with E-state index in [1.807, 2.05) is 6.92 Å². The number of carbonyl (C=O) groups is 1. The zero-order valence-corrected chi connectivity index (χ0v) is 19.7. The Kier molecular flexibility index (Phi) is 8.65. The van der Waals surface area contributed by atoms with Crippen LogP contribution >= 0.6 is 0 Å². The molecule has 1 aliphatic heterocycles. The Bertz CT molecular complexity index is 938. The molecule has 0 saturated carbocycles. The minimum atomic E-state index is -0.454. The van der Waals surface area contributed by atoms with Crippen molar-refractivity contribution in [2.45, 2.75) is 33.6 Å². The molecule has 1 amide bonds. The summed E-state index contributed by atoms with van der Waals surface area (Å²) in [5.74, 6) is 1.74.